The largest absolute Gasteiger partial charge is 0.493 e. The molecule has 0 saturated carbocycles. The summed E-state index contributed by atoms with van der Waals surface area (Å²) in [6.45, 7) is 11.2. The van der Waals surface area contributed by atoms with Crippen LogP contribution in [0.4, 0.5) is 0 Å². The highest BCUT2D eigenvalue weighted by Crippen LogP contribution is 2.50. The van der Waals surface area contributed by atoms with Crippen molar-refractivity contribution in [2.45, 2.75) is 59.2 Å². The Morgan fingerprint density at radius 2 is 1.94 bits per heavy atom. The summed E-state index contributed by atoms with van der Waals surface area (Å²) in [6, 6.07) is 8.47. The van der Waals surface area contributed by atoms with Crippen LogP contribution >= 0.6 is 11.3 Å². The summed E-state index contributed by atoms with van der Waals surface area (Å²) in [5.74, 6) is 1.84. The molecule has 5 nitrogen and oxygen atoms in total. The zero-order valence-corrected chi connectivity index (χ0v) is 20.3. The zero-order chi connectivity index (χ0) is 22.8. The molecular weight excluding hydrogens is 420 g/mol. The van der Waals surface area contributed by atoms with Gasteiger partial charge in [-0.3, -0.25) is 0 Å². The van der Waals surface area contributed by atoms with Crippen molar-refractivity contribution >= 4 is 22.2 Å². The number of ether oxygens (including phenoxy) is 2. The number of hydrogen-bond donors (Lipinski definition) is 1. The first-order valence-electron chi connectivity index (χ1n) is 11.1. The lowest BCUT2D eigenvalue weighted by molar-refractivity contribution is 0.230. The third-order valence-corrected chi connectivity index (χ3v) is 6.99. The summed E-state index contributed by atoms with van der Waals surface area (Å²) < 4.78 is 16.0. The molecule has 0 fully saturated rings. The van der Waals surface area contributed by atoms with Gasteiger partial charge >= 0.3 is 0 Å². The van der Waals surface area contributed by atoms with Crippen LogP contribution in [0.15, 0.2) is 35.8 Å². The van der Waals surface area contributed by atoms with E-state index in [0.29, 0.717) is 5.88 Å². The van der Waals surface area contributed by atoms with Gasteiger partial charge in [0.2, 0.25) is 5.88 Å². The molecule has 168 valence electrons. The quantitative estimate of drug-likeness (QED) is 0.379. The van der Waals surface area contributed by atoms with Crippen LogP contribution in [0.2, 0.25) is 0 Å². The fraction of sp³-hybridized carbons (Fsp3) is 0.385. The Bertz CT molecular complexity index is 1300. The first kappa shape index (κ1) is 21.0. The Balaban J connectivity index is 1.85. The number of aromatic nitrogens is 2. The van der Waals surface area contributed by atoms with E-state index in [0.717, 1.165) is 46.6 Å². The molecule has 1 N–H and O–H groups in total. The van der Waals surface area contributed by atoms with Crippen molar-refractivity contribution in [2.24, 2.45) is 0 Å². The highest BCUT2D eigenvalue weighted by Gasteiger charge is 2.32. The minimum absolute atomic E-state index is 0.0464. The average Bonchev–Trinajstić information content (AvgIpc) is 3.42. The van der Waals surface area contributed by atoms with E-state index in [1.165, 1.54) is 16.0 Å². The Kier molecular flexibility index (Phi) is 4.82. The van der Waals surface area contributed by atoms with Crippen LogP contribution in [0.5, 0.6) is 17.4 Å². The standard InChI is InChI=1S/C26H30N2O3S/c1-15(2)31-20-13-17-16(12-19(20)30-6)9-10-27-23(17)22(21-8-7-11-32-21)18-14-28(26(3,4)5)25(29)24(18)27/h7-8,11-15,29H,9-10H2,1-6H3. The van der Waals surface area contributed by atoms with Crippen molar-refractivity contribution < 1.29 is 14.6 Å². The molecule has 0 bridgehead atoms. The minimum Gasteiger partial charge on any atom is -0.493 e. The summed E-state index contributed by atoms with van der Waals surface area (Å²) >= 11 is 1.73. The molecule has 0 radical (unpaired) electrons. The van der Waals surface area contributed by atoms with E-state index in [-0.39, 0.29) is 11.6 Å². The van der Waals surface area contributed by atoms with Gasteiger partial charge in [0.1, 0.15) is 5.52 Å². The number of thiophene rings is 1. The SMILES string of the molecule is COc1cc2c(cc1OC(C)C)-c1c(-c3cccs3)c3cn(C(C)(C)C)c(O)c3n1CC2. The number of benzene rings is 1. The van der Waals surface area contributed by atoms with Gasteiger partial charge in [0.25, 0.3) is 0 Å². The Hall–Kier alpha value is -2.86. The molecule has 5 rings (SSSR count). The second-order valence-corrected chi connectivity index (χ2v) is 10.6. The number of aryl methyl sites for hydroxylation is 2. The highest BCUT2D eigenvalue weighted by molar-refractivity contribution is 7.13. The molecule has 0 spiro atoms. The van der Waals surface area contributed by atoms with E-state index in [1.54, 1.807) is 18.4 Å². The smallest absolute Gasteiger partial charge is 0.216 e. The molecule has 6 heteroatoms. The maximum Gasteiger partial charge on any atom is 0.216 e. The monoisotopic (exact) mass is 450 g/mol. The summed E-state index contributed by atoms with van der Waals surface area (Å²) in [6.07, 6.45) is 3.03. The van der Waals surface area contributed by atoms with Crippen LogP contribution in [0.3, 0.4) is 0 Å². The Morgan fingerprint density at radius 3 is 2.56 bits per heavy atom. The molecule has 3 aromatic heterocycles. The molecule has 1 aliphatic rings. The van der Waals surface area contributed by atoms with E-state index in [1.807, 2.05) is 18.4 Å². The fourth-order valence-corrected chi connectivity index (χ4v) is 5.55. The lowest BCUT2D eigenvalue weighted by Gasteiger charge is -2.25. The molecule has 1 aliphatic heterocycles. The van der Waals surface area contributed by atoms with Gasteiger partial charge in [-0.1, -0.05) is 6.07 Å². The summed E-state index contributed by atoms with van der Waals surface area (Å²) in [5, 5.41) is 14.5. The highest BCUT2D eigenvalue weighted by atomic mass is 32.1. The summed E-state index contributed by atoms with van der Waals surface area (Å²) in [7, 11) is 1.69. The molecule has 1 aromatic carbocycles. The van der Waals surface area contributed by atoms with Gasteiger partial charge in [0.15, 0.2) is 11.5 Å². The summed E-state index contributed by atoms with van der Waals surface area (Å²) in [5.41, 5.74) is 5.40. The number of methoxy groups -OCH3 is 1. The van der Waals surface area contributed by atoms with Crippen molar-refractivity contribution in [3.8, 4) is 39.1 Å². The van der Waals surface area contributed by atoms with Gasteiger partial charge in [-0.2, -0.15) is 0 Å². The maximum absolute atomic E-state index is 11.3. The van der Waals surface area contributed by atoms with Crippen molar-refractivity contribution in [1.82, 2.24) is 9.13 Å². The second-order valence-electron chi connectivity index (χ2n) is 9.69. The van der Waals surface area contributed by atoms with Crippen LogP contribution < -0.4 is 9.47 Å². The van der Waals surface area contributed by atoms with Gasteiger partial charge in [0, 0.05) is 39.7 Å². The Labute approximate surface area is 192 Å². The molecule has 0 unspecified atom stereocenters. The molecule has 4 heterocycles. The van der Waals surface area contributed by atoms with Crippen LogP contribution in [-0.4, -0.2) is 27.5 Å². The number of aromatic hydroxyl groups is 1. The predicted molar refractivity (Wildman–Crippen MR) is 131 cm³/mol. The molecule has 0 aliphatic carbocycles. The van der Waals surface area contributed by atoms with Gasteiger partial charge in [0.05, 0.1) is 18.9 Å². The molecule has 4 aromatic rings. The first-order chi connectivity index (χ1) is 15.2. The average molecular weight is 451 g/mol. The van der Waals surface area contributed by atoms with Crippen LogP contribution in [-0.2, 0) is 18.5 Å². The van der Waals surface area contributed by atoms with Gasteiger partial charge in [-0.15, -0.1) is 11.3 Å². The van der Waals surface area contributed by atoms with Crippen molar-refractivity contribution in [3.05, 3.63) is 41.4 Å². The van der Waals surface area contributed by atoms with Gasteiger partial charge in [-0.05, 0) is 70.2 Å². The van der Waals surface area contributed by atoms with E-state index in [2.05, 4.69) is 61.2 Å². The summed E-state index contributed by atoms with van der Waals surface area (Å²) in [4.78, 5) is 1.20. The van der Waals surface area contributed by atoms with Crippen LogP contribution in [0.1, 0.15) is 40.2 Å². The van der Waals surface area contributed by atoms with E-state index in [4.69, 9.17) is 9.47 Å². The number of fused-ring (bicyclic) bond motifs is 5. The van der Waals surface area contributed by atoms with Gasteiger partial charge < -0.3 is 23.7 Å². The Morgan fingerprint density at radius 1 is 1.16 bits per heavy atom. The lowest BCUT2D eigenvalue weighted by Crippen LogP contribution is -2.20. The number of nitrogens with zero attached hydrogens (tertiary/aromatic N) is 2. The fourth-order valence-electron chi connectivity index (χ4n) is 4.76. The minimum atomic E-state index is -0.214. The van der Waals surface area contributed by atoms with E-state index >= 15 is 0 Å². The van der Waals surface area contributed by atoms with Crippen LogP contribution in [0.25, 0.3) is 32.6 Å². The van der Waals surface area contributed by atoms with Crippen molar-refractivity contribution in [1.29, 1.82) is 0 Å². The molecule has 0 atom stereocenters. The molecule has 32 heavy (non-hydrogen) atoms. The zero-order valence-electron chi connectivity index (χ0n) is 19.5. The third-order valence-electron chi connectivity index (χ3n) is 6.10. The number of rotatable bonds is 4. The third kappa shape index (κ3) is 3.12. The van der Waals surface area contributed by atoms with E-state index in [9.17, 15) is 5.11 Å². The topological polar surface area (TPSA) is 48.6 Å². The molecular formula is C26H30N2O3S. The normalized spacial score (nSPS) is 13.5. The van der Waals surface area contributed by atoms with Crippen molar-refractivity contribution in [3.63, 3.8) is 0 Å². The maximum atomic E-state index is 11.3. The van der Waals surface area contributed by atoms with Crippen LogP contribution in [0, 0.1) is 0 Å². The second kappa shape index (κ2) is 7.34. The first-order valence-corrected chi connectivity index (χ1v) is 12.0. The molecule has 0 amide bonds. The number of hydrogen-bond acceptors (Lipinski definition) is 4. The van der Waals surface area contributed by atoms with Gasteiger partial charge in [-0.25, -0.2) is 0 Å². The predicted octanol–water partition coefficient (Wildman–Crippen LogP) is 6.65. The lowest BCUT2D eigenvalue weighted by atomic mass is 9.94. The van der Waals surface area contributed by atoms with E-state index < -0.39 is 0 Å². The van der Waals surface area contributed by atoms with Crippen molar-refractivity contribution in [2.75, 3.05) is 7.11 Å². The molecule has 0 saturated heterocycles.